The predicted octanol–water partition coefficient (Wildman–Crippen LogP) is 3.39. The maximum atomic E-state index is 11.9. The van der Waals surface area contributed by atoms with Crippen molar-refractivity contribution in [1.29, 1.82) is 0 Å². The van der Waals surface area contributed by atoms with E-state index in [9.17, 15) is 9.90 Å². The Balaban J connectivity index is 2.12. The fourth-order valence-corrected chi connectivity index (χ4v) is 2.24. The van der Waals surface area contributed by atoms with Gasteiger partial charge in [-0.15, -0.1) is 0 Å². The van der Waals surface area contributed by atoms with Crippen LogP contribution >= 0.6 is 0 Å². The molecule has 0 amide bonds. The average molecular weight is 245 g/mol. The molecule has 2 rings (SSSR count). The first kappa shape index (κ1) is 12.7. The van der Waals surface area contributed by atoms with Gasteiger partial charge in [0.2, 0.25) is 0 Å². The van der Waals surface area contributed by atoms with Gasteiger partial charge in [0.05, 0.1) is 5.69 Å². The third kappa shape index (κ3) is 2.73. The van der Waals surface area contributed by atoms with Crippen LogP contribution in [-0.4, -0.2) is 10.9 Å². The Labute approximate surface area is 108 Å². The second-order valence-corrected chi connectivity index (χ2v) is 4.99. The number of benzene rings is 1. The first-order valence-corrected chi connectivity index (χ1v) is 6.37. The van der Waals surface area contributed by atoms with Crippen LogP contribution in [0.25, 0.3) is 0 Å². The molecule has 1 fully saturated rings. The highest BCUT2D eigenvalue weighted by molar-refractivity contribution is 5.97. The molecule has 18 heavy (non-hydrogen) atoms. The average Bonchev–Trinajstić information content (AvgIpc) is 2.33. The number of Topliss-reactive ketones (excluding diaryl/α,β-unsaturated/α-hetero) is 1. The monoisotopic (exact) mass is 245 g/mol. The van der Waals surface area contributed by atoms with Gasteiger partial charge in [0.1, 0.15) is 5.75 Å². The number of ketones is 1. The van der Waals surface area contributed by atoms with E-state index in [4.69, 9.17) is 0 Å². The molecule has 0 bridgehead atoms. The molecule has 0 radical (unpaired) electrons. The fourth-order valence-electron chi connectivity index (χ4n) is 2.24. The molecule has 1 saturated carbocycles. The minimum Gasteiger partial charge on any atom is -0.506 e. The lowest BCUT2D eigenvalue weighted by atomic mass is 9.86. The molecule has 0 saturated heterocycles. The van der Waals surface area contributed by atoms with E-state index in [-0.39, 0.29) is 17.5 Å². The third-order valence-electron chi connectivity index (χ3n) is 3.40. The molecule has 3 heteroatoms. The number of rotatable bonds is 2. The lowest BCUT2D eigenvalue weighted by Gasteiger charge is -2.19. The summed E-state index contributed by atoms with van der Waals surface area (Å²) >= 11 is 0. The van der Waals surface area contributed by atoms with Crippen LogP contribution in [0.3, 0.4) is 0 Å². The second-order valence-electron chi connectivity index (χ2n) is 4.99. The number of carbonyl (C=O) groups excluding carboxylic acids is 1. The Morgan fingerprint density at radius 3 is 2.94 bits per heavy atom. The maximum Gasteiger partial charge on any atom is 0.163 e. The van der Waals surface area contributed by atoms with Crippen LogP contribution < -0.4 is 5.32 Å². The quantitative estimate of drug-likeness (QED) is 0.620. The molecule has 1 aliphatic rings. The van der Waals surface area contributed by atoms with Crippen LogP contribution in [0.2, 0.25) is 0 Å². The number of hydrogen-bond acceptors (Lipinski definition) is 3. The van der Waals surface area contributed by atoms with Crippen molar-refractivity contribution in [1.82, 2.24) is 0 Å². The van der Waals surface area contributed by atoms with Crippen LogP contribution in [0.15, 0.2) is 30.0 Å². The van der Waals surface area contributed by atoms with Crippen molar-refractivity contribution in [2.75, 3.05) is 5.32 Å². The topological polar surface area (TPSA) is 49.3 Å². The maximum absolute atomic E-state index is 11.9. The van der Waals surface area contributed by atoms with E-state index in [0.717, 1.165) is 30.4 Å². The largest absolute Gasteiger partial charge is 0.506 e. The summed E-state index contributed by atoms with van der Waals surface area (Å²) in [4.78, 5) is 11.9. The molecule has 0 aromatic heterocycles. The smallest absolute Gasteiger partial charge is 0.163 e. The third-order valence-corrected chi connectivity index (χ3v) is 3.40. The van der Waals surface area contributed by atoms with Gasteiger partial charge in [-0.3, -0.25) is 4.79 Å². The zero-order chi connectivity index (χ0) is 13.1. The molecule has 2 N–H and O–H groups in total. The standard InChI is InChI=1S/C15H19NO2/c1-10-6-7-13(14(17)8-10)16-9-12-5-3-4-11(2)15(12)18/h6-9,11,16-17H,3-5H2,1-2H3/b12-9+/t11-/m0/s1. The molecule has 0 aliphatic heterocycles. The van der Waals surface area contributed by atoms with Gasteiger partial charge in [0, 0.05) is 17.7 Å². The predicted molar refractivity (Wildman–Crippen MR) is 72.6 cm³/mol. The summed E-state index contributed by atoms with van der Waals surface area (Å²) in [7, 11) is 0. The Morgan fingerprint density at radius 2 is 2.22 bits per heavy atom. The Morgan fingerprint density at radius 1 is 1.44 bits per heavy atom. The Kier molecular flexibility index (Phi) is 3.70. The van der Waals surface area contributed by atoms with E-state index in [2.05, 4.69) is 5.32 Å². The van der Waals surface area contributed by atoms with Crippen molar-refractivity contribution in [2.45, 2.75) is 33.1 Å². The van der Waals surface area contributed by atoms with Gasteiger partial charge in [-0.1, -0.05) is 13.0 Å². The molecule has 96 valence electrons. The van der Waals surface area contributed by atoms with Gasteiger partial charge in [-0.2, -0.15) is 0 Å². The van der Waals surface area contributed by atoms with Crippen molar-refractivity contribution in [3.8, 4) is 5.75 Å². The highest BCUT2D eigenvalue weighted by Gasteiger charge is 2.22. The number of carbonyl (C=O) groups is 1. The molecule has 3 nitrogen and oxygen atoms in total. The number of phenols is 1. The summed E-state index contributed by atoms with van der Waals surface area (Å²) < 4.78 is 0. The Hall–Kier alpha value is -1.77. The second kappa shape index (κ2) is 5.25. The van der Waals surface area contributed by atoms with Gasteiger partial charge in [0.15, 0.2) is 5.78 Å². The molecule has 1 aromatic carbocycles. The number of anilines is 1. The van der Waals surface area contributed by atoms with Crippen LogP contribution in [0, 0.1) is 12.8 Å². The number of allylic oxidation sites excluding steroid dienone is 1. The van der Waals surface area contributed by atoms with Gasteiger partial charge < -0.3 is 10.4 Å². The van der Waals surface area contributed by atoms with E-state index >= 15 is 0 Å². The van der Waals surface area contributed by atoms with Gasteiger partial charge in [-0.05, 0) is 43.9 Å². The minimum atomic E-state index is 0.124. The first-order valence-electron chi connectivity index (χ1n) is 6.37. The molecular formula is C15H19NO2. The SMILES string of the molecule is Cc1ccc(N/C=C2\CCC[C@H](C)C2=O)c(O)c1. The lowest BCUT2D eigenvalue weighted by molar-refractivity contribution is -0.119. The summed E-state index contributed by atoms with van der Waals surface area (Å²) in [5.74, 6) is 0.557. The van der Waals surface area contributed by atoms with Crippen molar-refractivity contribution < 1.29 is 9.90 Å². The number of aryl methyl sites for hydroxylation is 1. The summed E-state index contributed by atoms with van der Waals surface area (Å²) in [5.41, 5.74) is 2.47. The fraction of sp³-hybridized carbons (Fsp3) is 0.400. The highest BCUT2D eigenvalue weighted by Crippen LogP contribution is 2.27. The number of phenolic OH excluding ortho intramolecular Hbond substituents is 1. The molecule has 1 atom stereocenters. The van der Waals surface area contributed by atoms with Crippen LogP contribution in [-0.2, 0) is 4.79 Å². The first-order chi connectivity index (χ1) is 8.58. The Bertz CT molecular complexity index is 491. The number of hydrogen-bond donors (Lipinski definition) is 2. The number of aromatic hydroxyl groups is 1. The van der Waals surface area contributed by atoms with Crippen LogP contribution in [0.4, 0.5) is 5.69 Å². The summed E-state index contributed by atoms with van der Waals surface area (Å²) in [6.45, 7) is 3.90. The molecular weight excluding hydrogens is 226 g/mol. The van der Waals surface area contributed by atoms with Crippen molar-refractivity contribution in [3.63, 3.8) is 0 Å². The van der Waals surface area contributed by atoms with Gasteiger partial charge >= 0.3 is 0 Å². The van der Waals surface area contributed by atoms with Crippen molar-refractivity contribution in [3.05, 3.63) is 35.5 Å². The van der Waals surface area contributed by atoms with Crippen molar-refractivity contribution in [2.24, 2.45) is 5.92 Å². The lowest BCUT2D eigenvalue weighted by Crippen LogP contribution is -2.19. The van der Waals surface area contributed by atoms with E-state index in [1.54, 1.807) is 12.3 Å². The van der Waals surface area contributed by atoms with Crippen LogP contribution in [0.1, 0.15) is 31.7 Å². The van der Waals surface area contributed by atoms with Gasteiger partial charge in [-0.25, -0.2) is 0 Å². The normalized spacial score (nSPS) is 22.2. The summed E-state index contributed by atoms with van der Waals surface area (Å²) in [6.07, 6.45) is 4.59. The molecule has 0 heterocycles. The molecule has 0 unspecified atom stereocenters. The minimum absolute atomic E-state index is 0.124. The molecule has 1 aromatic rings. The van der Waals surface area contributed by atoms with E-state index in [0.29, 0.717) is 5.69 Å². The zero-order valence-electron chi connectivity index (χ0n) is 10.9. The van der Waals surface area contributed by atoms with Crippen LogP contribution in [0.5, 0.6) is 5.75 Å². The molecule has 0 spiro atoms. The highest BCUT2D eigenvalue weighted by atomic mass is 16.3. The van der Waals surface area contributed by atoms with E-state index < -0.39 is 0 Å². The zero-order valence-corrected chi connectivity index (χ0v) is 10.9. The number of nitrogens with one attached hydrogen (secondary N) is 1. The molecule has 1 aliphatic carbocycles. The van der Waals surface area contributed by atoms with Crippen molar-refractivity contribution >= 4 is 11.5 Å². The van der Waals surface area contributed by atoms with E-state index in [1.165, 1.54) is 0 Å². The van der Waals surface area contributed by atoms with E-state index in [1.807, 2.05) is 26.0 Å². The summed E-state index contributed by atoms with van der Waals surface area (Å²) in [6, 6.07) is 5.44. The summed E-state index contributed by atoms with van der Waals surface area (Å²) in [5, 5.41) is 12.8. The van der Waals surface area contributed by atoms with Gasteiger partial charge in [0.25, 0.3) is 0 Å².